The predicted molar refractivity (Wildman–Crippen MR) is 83.2 cm³/mol. The first-order valence-electron chi connectivity index (χ1n) is 7.60. The van der Waals surface area contributed by atoms with Crippen molar-refractivity contribution in [3.05, 3.63) is 22.8 Å². The smallest absolute Gasteiger partial charge is 0.128 e. The van der Waals surface area contributed by atoms with Gasteiger partial charge in [-0.3, -0.25) is 0 Å². The summed E-state index contributed by atoms with van der Waals surface area (Å²) in [6, 6.07) is 0.552. The molecule has 0 saturated carbocycles. The van der Waals surface area contributed by atoms with Gasteiger partial charge in [-0.25, -0.2) is 9.97 Å². The predicted octanol–water partition coefficient (Wildman–Crippen LogP) is 2.60. The van der Waals surface area contributed by atoms with Gasteiger partial charge in [-0.2, -0.15) is 0 Å². The van der Waals surface area contributed by atoms with Gasteiger partial charge in [0.2, 0.25) is 0 Å². The summed E-state index contributed by atoms with van der Waals surface area (Å²) in [6.07, 6.45) is 4.06. The molecule has 1 rings (SSSR count). The second kappa shape index (κ2) is 9.03. The summed E-state index contributed by atoms with van der Waals surface area (Å²) >= 11 is 0. The Morgan fingerprint density at radius 2 is 1.70 bits per heavy atom. The lowest BCUT2D eigenvalue weighted by atomic mass is 10.1. The first-order valence-corrected chi connectivity index (χ1v) is 7.60. The molecule has 0 aliphatic carbocycles. The van der Waals surface area contributed by atoms with E-state index in [0.29, 0.717) is 6.04 Å². The Bertz CT molecular complexity index is 382. The molecule has 1 aromatic rings. The Balaban J connectivity index is 2.55. The number of ether oxygens (including phenoxy) is 1. The van der Waals surface area contributed by atoms with Crippen LogP contribution in [-0.2, 0) is 17.6 Å². The van der Waals surface area contributed by atoms with Crippen molar-refractivity contribution in [1.82, 2.24) is 15.3 Å². The van der Waals surface area contributed by atoms with Gasteiger partial charge in [-0.05, 0) is 45.2 Å². The normalized spacial score (nSPS) is 11.3. The fraction of sp³-hybridized carbons (Fsp3) is 0.750. The van der Waals surface area contributed by atoms with Crippen LogP contribution < -0.4 is 5.32 Å². The van der Waals surface area contributed by atoms with E-state index in [4.69, 9.17) is 4.74 Å². The fourth-order valence-electron chi connectivity index (χ4n) is 2.31. The van der Waals surface area contributed by atoms with Crippen molar-refractivity contribution in [2.24, 2.45) is 0 Å². The van der Waals surface area contributed by atoms with Gasteiger partial charge in [0.05, 0.1) is 0 Å². The van der Waals surface area contributed by atoms with Gasteiger partial charge in [0.1, 0.15) is 5.82 Å². The molecule has 0 spiro atoms. The average Bonchev–Trinajstić information content (AvgIpc) is 2.37. The van der Waals surface area contributed by atoms with E-state index in [1.165, 1.54) is 5.56 Å². The highest BCUT2D eigenvalue weighted by atomic mass is 16.5. The Labute approximate surface area is 123 Å². The van der Waals surface area contributed by atoms with Crippen LogP contribution in [0.25, 0.3) is 0 Å². The molecule has 0 atom stereocenters. The highest BCUT2D eigenvalue weighted by Gasteiger charge is 2.08. The van der Waals surface area contributed by atoms with Crippen LogP contribution in [-0.4, -0.2) is 36.3 Å². The summed E-state index contributed by atoms with van der Waals surface area (Å²) in [5.41, 5.74) is 3.58. The molecule has 0 aliphatic heterocycles. The van der Waals surface area contributed by atoms with Crippen LogP contribution in [0.2, 0.25) is 0 Å². The van der Waals surface area contributed by atoms with Crippen LogP contribution in [0.5, 0.6) is 0 Å². The third-order valence-electron chi connectivity index (χ3n) is 3.37. The van der Waals surface area contributed by atoms with E-state index in [9.17, 15) is 0 Å². The lowest BCUT2D eigenvalue weighted by molar-refractivity contribution is 0.194. The summed E-state index contributed by atoms with van der Waals surface area (Å²) in [5, 5.41) is 3.45. The van der Waals surface area contributed by atoms with E-state index < -0.39 is 0 Å². The van der Waals surface area contributed by atoms with Crippen molar-refractivity contribution in [2.75, 3.05) is 20.3 Å². The number of rotatable bonds is 9. The molecule has 0 bridgehead atoms. The number of hydrogen-bond acceptors (Lipinski definition) is 4. The van der Waals surface area contributed by atoms with E-state index >= 15 is 0 Å². The number of hydrogen-bond donors (Lipinski definition) is 1. The molecule has 0 aromatic carbocycles. The van der Waals surface area contributed by atoms with Gasteiger partial charge in [0.25, 0.3) is 0 Å². The summed E-state index contributed by atoms with van der Waals surface area (Å²) in [4.78, 5) is 9.27. The fourth-order valence-corrected chi connectivity index (χ4v) is 2.31. The molecule has 0 saturated heterocycles. The van der Waals surface area contributed by atoms with Gasteiger partial charge in [0.15, 0.2) is 0 Å². The minimum atomic E-state index is 0.552. The van der Waals surface area contributed by atoms with Crippen molar-refractivity contribution in [3.63, 3.8) is 0 Å². The van der Waals surface area contributed by atoms with Gasteiger partial charge < -0.3 is 10.1 Å². The molecule has 20 heavy (non-hydrogen) atoms. The maximum atomic E-state index is 5.07. The Hall–Kier alpha value is -1.00. The van der Waals surface area contributed by atoms with Crippen LogP contribution in [0, 0.1) is 13.8 Å². The third kappa shape index (κ3) is 5.97. The quantitative estimate of drug-likeness (QED) is 0.706. The van der Waals surface area contributed by atoms with Gasteiger partial charge in [-0.1, -0.05) is 13.8 Å². The topological polar surface area (TPSA) is 47.0 Å². The van der Waals surface area contributed by atoms with Crippen LogP contribution in [0.4, 0.5) is 0 Å². The van der Waals surface area contributed by atoms with E-state index in [1.54, 1.807) is 7.11 Å². The number of aryl methyl sites for hydroxylation is 3. The van der Waals surface area contributed by atoms with Gasteiger partial charge in [0, 0.05) is 37.6 Å². The summed E-state index contributed by atoms with van der Waals surface area (Å²) in [6.45, 7) is 10.4. The molecular formula is C16H29N3O. The molecule has 4 heteroatoms. The van der Waals surface area contributed by atoms with E-state index in [-0.39, 0.29) is 0 Å². The number of methoxy groups -OCH3 is 1. The lowest BCUT2D eigenvalue weighted by Gasteiger charge is -2.12. The van der Waals surface area contributed by atoms with E-state index in [0.717, 1.165) is 56.0 Å². The second-order valence-corrected chi connectivity index (χ2v) is 5.60. The Kier molecular flexibility index (Phi) is 7.70. The second-order valence-electron chi connectivity index (χ2n) is 5.60. The van der Waals surface area contributed by atoms with Crippen LogP contribution in [0.15, 0.2) is 0 Å². The zero-order valence-electron chi connectivity index (χ0n) is 13.6. The summed E-state index contributed by atoms with van der Waals surface area (Å²) < 4.78 is 5.07. The first kappa shape index (κ1) is 17.1. The molecule has 1 N–H and O–H groups in total. The van der Waals surface area contributed by atoms with Crippen LogP contribution in [0.1, 0.15) is 49.5 Å². The number of aromatic nitrogens is 2. The highest BCUT2D eigenvalue weighted by molar-refractivity contribution is 5.24. The Morgan fingerprint density at radius 3 is 2.25 bits per heavy atom. The van der Waals surface area contributed by atoms with Crippen LogP contribution >= 0.6 is 0 Å². The molecule has 0 radical (unpaired) electrons. The van der Waals surface area contributed by atoms with Gasteiger partial charge >= 0.3 is 0 Å². The first-order chi connectivity index (χ1) is 9.54. The largest absolute Gasteiger partial charge is 0.385 e. The van der Waals surface area contributed by atoms with Gasteiger partial charge in [-0.15, -0.1) is 0 Å². The minimum absolute atomic E-state index is 0.552. The van der Waals surface area contributed by atoms with E-state index in [1.807, 2.05) is 0 Å². The van der Waals surface area contributed by atoms with Crippen molar-refractivity contribution >= 4 is 0 Å². The number of nitrogens with zero attached hydrogens (tertiary/aromatic N) is 2. The number of nitrogens with one attached hydrogen (secondary N) is 1. The highest BCUT2D eigenvalue weighted by Crippen LogP contribution is 2.13. The molecule has 0 unspecified atom stereocenters. The zero-order valence-corrected chi connectivity index (χ0v) is 13.6. The van der Waals surface area contributed by atoms with Crippen molar-refractivity contribution in [1.29, 1.82) is 0 Å². The van der Waals surface area contributed by atoms with Crippen LogP contribution in [0.3, 0.4) is 0 Å². The standard InChI is InChI=1S/C16H29N3O/c1-12(2)17-10-6-8-15-13(3)18-16(19-14(15)4)9-7-11-20-5/h12,17H,6-11H2,1-5H3. The molecule has 114 valence electrons. The SMILES string of the molecule is COCCCc1nc(C)c(CCCNC(C)C)c(C)n1. The minimum Gasteiger partial charge on any atom is -0.385 e. The van der Waals surface area contributed by atoms with Crippen molar-refractivity contribution < 1.29 is 4.74 Å². The summed E-state index contributed by atoms with van der Waals surface area (Å²) in [5.74, 6) is 0.945. The third-order valence-corrected chi connectivity index (χ3v) is 3.37. The van der Waals surface area contributed by atoms with E-state index in [2.05, 4.69) is 43.0 Å². The zero-order chi connectivity index (χ0) is 15.0. The Morgan fingerprint density at radius 1 is 1.05 bits per heavy atom. The maximum absolute atomic E-state index is 5.07. The van der Waals surface area contributed by atoms with Crippen molar-refractivity contribution in [3.8, 4) is 0 Å². The lowest BCUT2D eigenvalue weighted by Crippen LogP contribution is -2.24. The monoisotopic (exact) mass is 279 g/mol. The molecule has 0 aliphatic rings. The van der Waals surface area contributed by atoms with Crippen molar-refractivity contribution in [2.45, 2.75) is 59.4 Å². The molecule has 0 fully saturated rings. The molecule has 0 amide bonds. The molecular weight excluding hydrogens is 250 g/mol. The summed E-state index contributed by atoms with van der Waals surface area (Å²) in [7, 11) is 1.73. The molecule has 4 nitrogen and oxygen atoms in total. The average molecular weight is 279 g/mol. The molecule has 1 heterocycles. The molecule has 1 aromatic heterocycles. The maximum Gasteiger partial charge on any atom is 0.128 e.